The fourth-order valence-corrected chi connectivity index (χ4v) is 2.66. The van der Waals surface area contributed by atoms with Gasteiger partial charge in [0, 0.05) is 0 Å². The van der Waals surface area contributed by atoms with Crippen LogP contribution < -0.4 is 5.11 Å². The SMILES string of the molecule is CCOC([O-])=C1C=CC(=NS(=O)(=O)c2ccccc2)C=C1. The van der Waals surface area contributed by atoms with Gasteiger partial charge in [0.1, 0.15) is 0 Å². The molecule has 5 nitrogen and oxygen atoms in total. The van der Waals surface area contributed by atoms with E-state index in [1.807, 2.05) is 0 Å². The lowest BCUT2D eigenvalue weighted by molar-refractivity contribution is -0.357. The number of benzene rings is 1. The van der Waals surface area contributed by atoms with E-state index in [9.17, 15) is 13.5 Å². The van der Waals surface area contributed by atoms with Gasteiger partial charge in [0.25, 0.3) is 10.0 Å². The van der Waals surface area contributed by atoms with Crippen LogP contribution in [0.2, 0.25) is 0 Å². The lowest BCUT2D eigenvalue weighted by Gasteiger charge is -2.16. The highest BCUT2D eigenvalue weighted by molar-refractivity contribution is 7.90. The molecule has 2 rings (SSSR count). The smallest absolute Gasteiger partial charge is 0.282 e. The van der Waals surface area contributed by atoms with Crippen LogP contribution in [-0.2, 0) is 14.8 Å². The Morgan fingerprint density at radius 1 is 1.14 bits per heavy atom. The Morgan fingerprint density at radius 3 is 2.33 bits per heavy atom. The van der Waals surface area contributed by atoms with Crippen molar-refractivity contribution < 1.29 is 18.3 Å². The average molecular weight is 304 g/mol. The van der Waals surface area contributed by atoms with Gasteiger partial charge in [-0.05, 0) is 36.5 Å². The van der Waals surface area contributed by atoms with Gasteiger partial charge in [0.05, 0.1) is 16.6 Å². The van der Waals surface area contributed by atoms with Crippen molar-refractivity contribution in [3.05, 3.63) is 66.2 Å². The molecule has 1 aromatic rings. The zero-order valence-electron chi connectivity index (χ0n) is 11.4. The standard InChI is InChI=1S/C15H15NO4S/c1-2-20-15(17)12-8-10-13(11-9-12)16-21(18,19)14-6-4-3-5-7-14/h3-11,17H,2H2,1H3/p-1. The molecule has 0 fully saturated rings. The Bertz CT molecular complexity index is 710. The summed E-state index contributed by atoms with van der Waals surface area (Å²) in [6.45, 7) is 2.00. The first-order chi connectivity index (χ1) is 10.0. The van der Waals surface area contributed by atoms with E-state index in [0.29, 0.717) is 5.57 Å². The average Bonchev–Trinajstić information content (AvgIpc) is 2.49. The third-order valence-electron chi connectivity index (χ3n) is 2.65. The first kappa shape index (κ1) is 15.1. The number of rotatable bonds is 4. The molecular weight excluding hydrogens is 290 g/mol. The molecule has 0 bridgehead atoms. The molecule has 0 aromatic heterocycles. The Balaban J connectivity index is 2.25. The van der Waals surface area contributed by atoms with E-state index in [4.69, 9.17) is 4.74 Å². The normalized spacial score (nSPS) is 14.1. The van der Waals surface area contributed by atoms with Crippen molar-refractivity contribution in [1.82, 2.24) is 0 Å². The van der Waals surface area contributed by atoms with Crippen LogP contribution in [0.25, 0.3) is 0 Å². The lowest BCUT2D eigenvalue weighted by Crippen LogP contribution is -2.11. The quantitative estimate of drug-likeness (QED) is 0.791. The molecule has 0 unspecified atom stereocenters. The van der Waals surface area contributed by atoms with Crippen molar-refractivity contribution >= 4 is 15.7 Å². The summed E-state index contributed by atoms with van der Waals surface area (Å²) >= 11 is 0. The van der Waals surface area contributed by atoms with Crippen molar-refractivity contribution in [3.63, 3.8) is 0 Å². The third-order valence-corrected chi connectivity index (χ3v) is 3.96. The molecular formula is C15H14NO4S-. The second-order valence-electron chi connectivity index (χ2n) is 4.15. The molecule has 0 spiro atoms. The summed E-state index contributed by atoms with van der Waals surface area (Å²) in [4.78, 5) is 0.125. The summed E-state index contributed by atoms with van der Waals surface area (Å²) in [5.41, 5.74) is 0.611. The molecule has 0 radical (unpaired) electrons. The fraction of sp³-hybridized carbons (Fsp3) is 0.133. The maximum absolute atomic E-state index is 12.1. The van der Waals surface area contributed by atoms with Crippen molar-refractivity contribution in [2.24, 2.45) is 4.40 Å². The van der Waals surface area contributed by atoms with E-state index in [0.717, 1.165) is 0 Å². The van der Waals surface area contributed by atoms with Crippen molar-refractivity contribution in [3.8, 4) is 0 Å². The van der Waals surface area contributed by atoms with Gasteiger partial charge in [-0.1, -0.05) is 37.3 Å². The van der Waals surface area contributed by atoms with Gasteiger partial charge in [-0.25, -0.2) is 0 Å². The maximum atomic E-state index is 12.1. The summed E-state index contributed by atoms with van der Waals surface area (Å²) in [6, 6.07) is 7.95. The van der Waals surface area contributed by atoms with Crippen LogP contribution >= 0.6 is 0 Å². The number of nitrogens with zero attached hydrogens (tertiary/aromatic N) is 1. The molecule has 0 saturated heterocycles. The molecule has 110 valence electrons. The molecule has 0 saturated carbocycles. The maximum Gasteiger partial charge on any atom is 0.282 e. The van der Waals surface area contributed by atoms with Crippen LogP contribution in [0.3, 0.4) is 0 Å². The van der Waals surface area contributed by atoms with Crippen LogP contribution in [-0.4, -0.2) is 20.7 Å². The van der Waals surface area contributed by atoms with Crippen LogP contribution in [0.1, 0.15) is 6.92 Å². The highest BCUT2D eigenvalue weighted by Crippen LogP contribution is 2.15. The second kappa shape index (κ2) is 6.41. The largest absolute Gasteiger partial charge is 0.613 e. The minimum Gasteiger partial charge on any atom is -0.613 e. The fourth-order valence-electron chi connectivity index (χ4n) is 1.66. The van der Waals surface area contributed by atoms with E-state index < -0.39 is 16.0 Å². The van der Waals surface area contributed by atoms with Crippen LogP contribution in [0.15, 0.2) is 75.4 Å². The summed E-state index contributed by atoms with van der Waals surface area (Å²) in [5, 5.41) is 11.5. The van der Waals surface area contributed by atoms with Crippen molar-refractivity contribution in [2.45, 2.75) is 11.8 Å². The van der Waals surface area contributed by atoms with Crippen LogP contribution in [0, 0.1) is 0 Å². The lowest BCUT2D eigenvalue weighted by atomic mass is 10.1. The molecule has 1 aliphatic carbocycles. The van der Waals surface area contributed by atoms with Gasteiger partial charge < -0.3 is 9.84 Å². The molecule has 1 aromatic carbocycles. The number of allylic oxidation sites excluding steroid dienone is 5. The Morgan fingerprint density at radius 2 is 1.76 bits per heavy atom. The predicted octanol–water partition coefficient (Wildman–Crippen LogP) is 1.55. The molecule has 0 aliphatic heterocycles. The molecule has 1 aliphatic rings. The second-order valence-corrected chi connectivity index (χ2v) is 5.75. The monoisotopic (exact) mass is 304 g/mol. The van der Waals surface area contributed by atoms with E-state index in [1.165, 1.54) is 36.4 Å². The van der Waals surface area contributed by atoms with E-state index in [2.05, 4.69) is 4.40 Å². The topological polar surface area (TPSA) is 78.8 Å². The third kappa shape index (κ3) is 3.82. The van der Waals surface area contributed by atoms with Crippen LogP contribution in [0.5, 0.6) is 0 Å². The molecule has 0 amide bonds. The minimum atomic E-state index is -3.75. The van der Waals surface area contributed by atoms with Crippen molar-refractivity contribution in [1.29, 1.82) is 0 Å². The highest BCUT2D eigenvalue weighted by atomic mass is 32.2. The van der Waals surface area contributed by atoms with Gasteiger partial charge >= 0.3 is 0 Å². The summed E-state index contributed by atoms with van der Waals surface area (Å²) < 4.78 is 32.7. The Kier molecular flexibility index (Phi) is 4.59. The van der Waals surface area contributed by atoms with Gasteiger partial charge in [-0.3, -0.25) is 0 Å². The predicted molar refractivity (Wildman–Crippen MR) is 78.0 cm³/mol. The summed E-state index contributed by atoms with van der Waals surface area (Å²) in [5.74, 6) is -0.449. The van der Waals surface area contributed by atoms with Crippen molar-refractivity contribution in [2.75, 3.05) is 6.61 Å². The highest BCUT2D eigenvalue weighted by Gasteiger charge is 2.12. The molecule has 0 atom stereocenters. The minimum absolute atomic E-state index is 0.125. The van der Waals surface area contributed by atoms with E-state index in [-0.39, 0.29) is 17.2 Å². The molecule has 21 heavy (non-hydrogen) atoms. The Labute approximate surface area is 123 Å². The number of hydrogen-bond acceptors (Lipinski definition) is 4. The molecule has 0 heterocycles. The summed E-state index contributed by atoms with van der Waals surface area (Å²) in [6.07, 6.45) is 5.90. The van der Waals surface area contributed by atoms with Gasteiger partial charge in [-0.2, -0.15) is 12.8 Å². The van der Waals surface area contributed by atoms with Crippen LogP contribution in [0.4, 0.5) is 0 Å². The van der Waals surface area contributed by atoms with E-state index in [1.54, 1.807) is 25.1 Å². The number of ether oxygens (including phenoxy) is 1. The summed E-state index contributed by atoms with van der Waals surface area (Å²) in [7, 11) is -3.75. The van der Waals surface area contributed by atoms with E-state index >= 15 is 0 Å². The number of sulfonamides is 1. The van der Waals surface area contributed by atoms with Gasteiger partial charge in [0.2, 0.25) is 0 Å². The Hall–Kier alpha value is -2.34. The zero-order valence-corrected chi connectivity index (χ0v) is 12.2. The zero-order chi connectivity index (χ0) is 15.3. The van der Waals surface area contributed by atoms with Gasteiger partial charge in [-0.15, -0.1) is 0 Å². The molecule has 0 N–H and O–H groups in total. The molecule has 6 heteroatoms. The number of hydrogen-bond donors (Lipinski definition) is 0. The first-order valence-electron chi connectivity index (χ1n) is 6.33. The van der Waals surface area contributed by atoms with Gasteiger partial charge in [0.15, 0.2) is 0 Å². The first-order valence-corrected chi connectivity index (χ1v) is 7.77.